The van der Waals surface area contributed by atoms with E-state index < -0.39 is 0 Å². The van der Waals surface area contributed by atoms with Crippen molar-refractivity contribution >= 4 is 10.9 Å². The lowest BCUT2D eigenvalue weighted by Crippen LogP contribution is -1.95. The van der Waals surface area contributed by atoms with Gasteiger partial charge < -0.3 is 0 Å². The van der Waals surface area contributed by atoms with Gasteiger partial charge in [-0.05, 0) is 42.8 Å². The number of halogens is 1. The molecule has 0 aliphatic rings. The highest BCUT2D eigenvalue weighted by Gasteiger charge is 2.09. The fourth-order valence-corrected chi connectivity index (χ4v) is 2.20. The Hall–Kier alpha value is -2.29. The summed E-state index contributed by atoms with van der Waals surface area (Å²) in [5, 5.41) is 0.804. The van der Waals surface area contributed by atoms with E-state index >= 15 is 0 Å². The maximum atomic E-state index is 13.3. The van der Waals surface area contributed by atoms with Crippen LogP contribution < -0.4 is 0 Å². The lowest BCUT2D eigenvalue weighted by atomic mass is 10.0. The Morgan fingerprint density at radius 2 is 2.00 bits per heavy atom. The largest absolute Gasteiger partial charge is 0.256 e. The minimum absolute atomic E-state index is 0.245. The number of fused-ring (bicyclic) bond motifs is 1. The van der Waals surface area contributed by atoms with E-state index in [-0.39, 0.29) is 5.82 Å². The van der Waals surface area contributed by atoms with Crippen LogP contribution >= 0.6 is 0 Å². The molecular formula is C16H13FN2. The van der Waals surface area contributed by atoms with E-state index in [2.05, 4.69) is 16.9 Å². The molecule has 2 heterocycles. The molecule has 0 spiro atoms. The van der Waals surface area contributed by atoms with Gasteiger partial charge in [-0.15, -0.1) is 0 Å². The predicted molar refractivity (Wildman–Crippen MR) is 74.3 cm³/mol. The molecule has 0 bridgehead atoms. The molecule has 0 radical (unpaired) electrons. The maximum Gasteiger partial charge on any atom is 0.123 e. The summed E-state index contributed by atoms with van der Waals surface area (Å²) in [6, 6.07) is 12.4. The van der Waals surface area contributed by atoms with E-state index in [1.165, 1.54) is 12.1 Å². The lowest BCUT2D eigenvalue weighted by Gasteiger charge is -2.08. The quantitative estimate of drug-likeness (QED) is 0.689. The zero-order valence-corrected chi connectivity index (χ0v) is 10.6. The Morgan fingerprint density at radius 3 is 2.74 bits per heavy atom. The van der Waals surface area contributed by atoms with E-state index in [4.69, 9.17) is 0 Å². The van der Waals surface area contributed by atoms with E-state index in [9.17, 15) is 4.39 Å². The van der Waals surface area contributed by atoms with Crippen molar-refractivity contribution in [2.45, 2.75) is 13.3 Å². The second-order valence-electron chi connectivity index (χ2n) is 4.39. The van der Waals surface area contributed by atoms with Gasteiger partial charge in [-0.2, -0.15) is 0 Å². The molecule has 2 nitrogen and oxygen atoms in total. The fourth-order valence-electron chi connectivity index (χ4n) is 2.20. The average Bonchev–Trinajstić information content (AvgIpc) is 2.46. The Kier molecular flexibility index (Phi) is 2.95. The minimum Gasteiger partial charge on any atom is -0.256 e. The van der Waals surface area contributed by atoms with Crippen molar-refractivity contribution in [3.05, 3.63) is 60.2 Å². The van der Waals surface area contributed by atoms with Crippen LogP contribution in [0.3, 0.4) is 0 Å². The first-order chi connectivity index (χ1) is 9.28. The van der Waals surface area contributed by atoms with Crippen molar-refractivity contribution < 1.29 is 4.39 Å². The lowest BCUT2D eigenvalue weighted by molar-refractivity contribution is 0.629. The first kappa shape index (κ1) is 11.8. The van der Waals surface area contributed by atoms with Crippen molar-refractivity contribution in [3.8, 4) is 11.3 Å². The first-order valence-electron chi connectivity index (χ1n) is 6.28. The highest BCUT2D eigenvalue weighted by molar-refractivity contribution is 5.84. The molecule has 0 atom stereocenters. The Bertz CT molecular complexity index is 723. The number of benzene rings is 1. The molecule has 0 unspecified atom stereocenters. The molecule has 0 saturated carbocycles. The van der Waals surface area contributed by atoms with Crippen molar-refractivity contribution in [1.82, 2.24) is 9.97 Å². The van der Waals surface area contributed by atoms with Gasteiger partial charge in [0.25, 0.3) is 0 Å². The third kappa shape index (κ3) is 2.19. The molecule has 94 valence electrons. The van der Waals surface area contributed by atoms with Gasteiger partial charge in [0.05, 0.1) is 16.9 Å². The van der Waals surface area contributed by atoms with Crippen LogP contribution in [0.25, 0.3) is 22.2 Å². The molecule has 3 rings (SSSR count). The maximum absolute atomic E-state index is 13.3. The van der Waals surface area contributed by atoms with Crippen LogP contribution in [0.1, 0.15) is 12.6 Å². The van der Waals surface area contributed by atoms with Crippen molar-refractivity contribution in [1.29, 1.82) is 0 Å². The van der Waals surface area contributed by atoms with Crippen LogP contribution in [0, 0.1) is 5.82 Å². The molecule has 0 saturated heterocycles. The number of hydrogen-bond acceptors (Lipinski definition) is 2. The van der Waals surface area contributed by atoms with Crippen LogP contribution in [0.5, 0.6) is 0 Å². The summed E-state index contributed by atoms with van der Waals surface area (Å²) in [5.74, 6) is -0.245. The molecule has 3 aromatic rings. The van der Waals surface area contributed by atoms with Crippen LogP contribution in [0.15, 0.2) is 48.7 Å². The average molecular weight is 252 g/mol. The summed E-state index contributed by atoms with van der Waals surface area (Å²) in [4.78, 5) is 8.96. The summed E-state index contributed by atoms with van der Waals surface area (Å²) >= 11 is 0. The summed E-state index contributed by atoms with van der Waals surface area (Å²) in [6.45, 7) is 2.06. The van der Waals surface area contributed by atoms with Crippen LogP contribution in [-0.4, -0.2) is 9.97 Å². The molecule has 0 aliphatic heterocycles. The van der Waals surface area contributed by atoms with E-state index in [0.29, 0.717) is 0 Å². The van der Waals surface area contributed by atoms with Gasteiger partial charge >= 0.3 is 0 Å². The molecular weight excluding hydrogens is 239 g/mol. The molecule has 0 amide bonds. The zero-order chi connectivity index (χ0) is 13.2. The minimum atomic E-state index is -0.245. The van der Waals surface area contributed by atoms with Gasteiger partial charge in [0.1, 0.15) is 5.82 Å². The Morgan fingerprint density at radius 1 is 1.11 bits per heavy atom. The van der Waals surface area contributed by atoms with Gasteiger partial charge in [-0.25, -0.2) is 4.39 Å². The Labute approximate surface area is 111 Å². The van der Waals surface area contributed by atoms with Gasteiger partial charge in [0, 0.05) is 17.1 Å². The number of aromatic nitrogens is 2. The van der Waals surface area contributed by atoms with Crippen LogP contribution in [-0.2, 0) is 6.42 Å². The summed E-state index contributed by atoms with van der Waals surface area (Å²) in [7, 11) is 0. The molecule has 0 aliphatic carbocycles. The van der Waals surface area contributed by atoms with Gasteiger partial charge in [0.15, 0.2) is 0 Å². The van der Waals surface area contributed by atoms with Crippen LogP contribution in [0.2, 0.25) is 0 Å². The number of nitrogens with zero attached hydrogens (tertiary/aromatic N) is 2. The van der Waals surface area contributed by atoms with Gasteiger partial charge in [0.2, 0.25) is 0 Å². The third-order valence-electron chi connectivity index (χ3n) is 3.13. The molecule has 0 fully saturated rings. The number of rotatable bonds is 2. The third-order valence-corrected chi connectivity index (χ3v) is 3.13. The zero-order valence-electron chi connectivity index (χ0n) is 10.6. The second kappa shape index (κ2) is 4.76. The topological polar surface area (TPSA) is 25.8 Å². The second-order valence-corrected chi connectivity index (χ2v) is 4.39. The number of aryl methyl sites for hydroxylation is 1. The fraction of sp³-hybridized carbons (Fsp3) is 0.125. The van der Waals surface area contributed by atoms with Crippen LogP contribution in [0.4, 0.5) is 4.39 Å². The monoisotopic (exact) mass is 252 g/mol. The van der Waals surface area contributed by atoms with Gasteiger partial charge in [-0.1, -0.05) is 13.0 Å². The number of pyridine rings is 2. The SMILES string of the molecule is CCc1nc2ccc(F)cc2cc1-c1ccccn1. The standard InChI is InChI=1S/C16H13FN2/c1-2-14-13(16-5-3-4-8-18-16)10-11-9-12(17)6-7-15(11)19-14/h3-10H,2H2,1H3. The Balaban J connectivity index is 2.28. The van der Waals surface area contributed by atoms with E-state index in [1.54, 1.807) is 12.3 Å². The summed E-state index contributed by atoms with van der Waals surface area (Å²) in [5.41, 5.74) is 3.65. The molecule has 1 aromatic carbocycles. The van der Waals surface area contributed by atoms with Gasteiger partial charge in [-0.3, -0.25) is 9.97 Å². The van der Waals surface area contributed by atoms with E-state index in [0.717, 1.165) is 34.3 Å². The normalized spacial score (nSPS) is 10.8. The predicted octanol–water partition coefficient (Wildman–Crippen LogP) is 4.00. The molecule has 3 heteroatoms. The first-order valence-corrected chi connectivity index (χ1v) is 6.28. The summed E-state index contributed by atoms with van der Waals surface area (Å²) in [6.07, 6.45) is 2.57. The highest BCUT2D eigenvalue weighted by atomic mass is 19.1. The van der Waals surface area contributed by atoms with Crippen molar-refractivity contribution in [2.24, 2.45) is 0 Å². The number of hydrogen-bond donors (Lipinski definition) is 0. The van der Waals surface area contributed by atoms with E-state index in [1.807, 2.05) is 24.3 Å². The molecule has 0 N–H and O–H groups in total. The smallest absolute Gasteiger partial charge is 0.123 e. The van der Waals surface area contributed by atoms with Crippen molar-refractivity contribution in [3.63, 3.8) is 0 Å². The molecule has 19 heavy (non-hydrogen) atoms. The highest BCUT2D eigenvalue weighted by Crippen LogP contribution is 2.25. The van der Waals surface area contributed by atoms with Crippen molar-refractivity contribution in [2.75, 3.05) is 0 Å². The molecule has 2 aromatic heterocycles. The summed E-state index contributed by atoms with van der Waals surface area (Å²) < 4.78 is 13.3.